The van der Waals surface area contributed by atoms with Gasteiger partial charge in [-0.15, -0.1) is 11.3 Å². The molecule has 0 fully saturated rings. The molecule has 0 saturated carbocycles. The van der Waals surface area contributed by atoms with Crippen LogP contribution in [0.25, 0.3) is 64.0 Å². The topological polar surface area (TPSA) is 16.4 Å². The van der Waals surface area contributed by atoms with Crippen molar-refractivity contribution in [1.29, 1.82) is 0 Å². The summed E-state index contributed by atoms with van der Waals surface area (Å²) in [5, 5.41) is 7.24. The molecule has 1 aliphatic rings. The maximum Gasteiger partial charge on any atom is 0.144 e. The van der Waals surface area contributed by atoms with Crippen LogP contribution < -0.4 is 4.90 Å². The van der Waals surface area contributed by atoms with E-state index in [2.05, 4.69) is 158 Å². The van der Waals surface area contributed by atoms with E-state index in [-0.39, 0.29) is 5.41 Å². The van der Waals surface area contributed by atoms with Crippen LogP contribution in [0.15, 0.2) is 144 Å². The lowest BCUT2D eigenvalue weighted by Crippen LogP contribution is -2.15. The highest BCUT2D eigenvalue weighted by atomic mass is 32.1. The van der Waals surface area contributed by atoms with E-state index in [0.717, 1.165) is 28.2 Å². The van der Waals surface area contributed by atoms with Crippen LogP contribution in [0.2, 0.25) is 0 Å². The molecule has 3 heteroatoms. The molecule has 2 nitrogen and oxygen atoms in total. The summed E-state index contributed by atoms with van der Waals surface area (Å²) in [5.41, 5.74) is 10.7. The summed E-state index contributed by atoms with van der Waals surface area (Å²) in [6.45, 7) is 4.67. The van der Waals surface area contributed by atoms with E-state index in [9.17, 15) is 0 Å². The zero-order chi connectivity index (χ0) is 30.6. The lowest BCUT2D eigenvalue weighted by molar-refractivity contribution is 0.660. The van der Waals surface area contributed by atoms with Crippen molar-refractivity contribution in [3.8, 4) is 11.1 Å². The summed E-state index contributed by atoms with van der Waals surface area (Å²) in [6.07, 6.45) is 0. The molecule has 0 amide bonds. The third kappa shape index (κ3) is 3.52. The quantitative estimate of drug-likeness (QED) is 0.199. The number of nitrogens with zero attached hydrogens (tertiary/aromatic N) is 1. The van der Waals surface area contributed by atoms with Crippen LogP contribution in [0.5, 0.6) is 0 Å². The molecule has 0 spiro atoms. The Bertz CT molecular complexity index is 2680. The smallest absolute Gasteiger partial charge is 0.144 e. The van der Waals surface area contributed by atoms with Gasteiger partial charge in [0, 0.05) is 53.4 Å². The second kappa shape index (κ2) is 9.32. The summed E-state index contributed by atoms with van der Waals surface area (Å²) < 4.78 is 9.21. The average Bonchev–Trinajstić information content (AvgIpc) is 3.73. The number of hydrogen-bond donors (Lipinski definition) is 0. The minimum atomic E-state index is -0.0280. The van der Waals surface area contributed by atoms with Crippen LogP contribution in [-0.2, 0) is 5.41 Å². The fraction of sp³-hybridized carbons (Fsp3) is 0.0698. The second-order valence-corrected chi connectivity index (χ2v) is 14.0. The van der Waals surface area contributed by atoms with E-state index in [0.29, 0.717) is 0 Å². The first-order valence-corrected chi connectivity index (χ1v) is 16.7. The molecule has 2 aromatic heterocycles. The number of rotatable bonds is 3. The van der Waals surface area contributed by atoms with Gasteiger partial charge in [-0.2, -0.15) is 0 Å². The number of furan rings is 1. The number of fused-ring (bicyclic) bond motifs is 12. The van der Waals surface area contributed by atoms with Crippen molar-refractivity contribution in [2.45, 2.75) is 19.3 Å². The van der Waals surface area contributed by atoms with E-state index in [4.69, 9.17) is 4.42 Å². The Morgan fingerprint density at radius 1 is 0.522 bits per heavy atom. The maximum atomic E-state index is 6.71. The van der Waals surface area contributed by atoms with Gasteiger partial charge in [0.1, 0.15) is 11.2 Å². The molecular formula is C43H29NOS. The highest BCUT2D eigenvalue weighted by Crippen LogP contribution is 2.51. The standard InChI is InChI=1S/C43H29NOS/c1-43(2)35-15-9-8-14-31(35)33-24-28(17-20-36(33)43)44(27-11-4-3-5-12-27)29-18-22-38-34(25-29)41-39(46-38)23-19-32-40-30-13-7-6-10-26(30)16-21-37(40)45-42(32)41/h3-25H,1-2H3. The summed E-state index contributed by atoms with van der Waals surface area (Å²) in [7, 11) is 0. The molecule has 0 N–H and O–H groups in total. The van der Waals surface area contributed by atoms with Crippen molar-refractivity contribution in [3.63, 3.8) is 0 Å². The fourth-order valence-corrected chi connectivity index (χ4v) is 8.95. The molecule has 218 valence electrons. The van der Waals surface area contributed by atoms with Gasteiger partial charge in [-0.25, -0.2) is 0 Å². The molecule has 0 unspecified atom stereocenters. The Labute approximate surface area is 270 Å². The first-order valence-electron chi connectivity index (χ1n) is 15.9. The number of para-hydroxylation sites is 1. The molecule has 0 atom stereocenters. The Hall–Kier alpha value is -5.38. The fourth-order valence-electron chi connectivity index (χ4n) is 7.86. The Morgan fingerprint density at radius 3 is 2.17 bits per heavy atom. The third-order valence-electron chi connectivity index (χ3n) is 10.0. The van der Waals surface area contributed by atoms with E-state index >= 15 is 0 Å². The van der Waals surface area contributed by atoms with Crippen LogP contribution in [0.4, 0.5) is 17.1 Å². The van der Waals surface area contributed by atoms with E-state index in [1.54, 1.807) is 0 Å². The summed E-state index contributed by atoms with van der Waals surface area (Å²) >= 11 is 1.83. The molecule has 46 heavy (non-hydrogen) atoms. The molecule has 0 aliphatic heterocycles. The van der Waals surface area contributed by atoms with Crippen LogP contribution in [-0.4, -0.2) is 0 Å². The van der Waals surface area contributed by atoms with E-state index < -0.39 is 0 Å². The maximum absolute atomic E-state index is 6.71. The minimum absolute atomic E-state index is 0.0280. The van der Waals surface area contributed by atoms with Gasteiger partial charge in [0.25, 0.3) is 0 Å². The molecular weight excluding hydrogens is 579 g/mol. The second-order valence-electron chi connectivity index (χ2n) is 12.9. The largest absolute Gasteiger partial charge is 0.455 e. The third-order valence-corrected chi connectivity index (χ3v) is 11.2. The van der Waals surface area contributed by atoms with E-state index in [1.165, 1.54) is 64.0 Å². The molecule has 2 heterocycles. The molecule has 1 aliphatic carbocycles. The number of benzene rings is 7. The average molecular weight is 608 g/mol. The molecule has 9 aromatic rings. The highest BCUT2D eigenvalue weighted by Gasteiger charge is 2.35. The number of hydrogen-bond acceptors (Lipinski definition) is 3. The molecule has 0 bridgehead atoms. The van der Waals surface area contributed by atoms with Gasteiger partial charge in [0.15, 0.2) is 0 Å². The van der Waals surface area contributed by atoms with Gasteiger partial charge in [0.05, 0.1) is 0 Å². The van der Waals surface area contributed by atoms with Gasteiger partial charge in [-0.1, -0.05) is 92.7 Å². The number of thiophene rings is 1. The van der Waals surface area contributed by atoms with Crippen molar-refractivity contribution < 1.29 is 4.42 Å². The first kappa shape index (κ1) is 25.9. The van der Waals surface area contributed by atoms with Crippen LogP contribution in [0.3, 0.4) is 0 Å². The Kier molecular flexibility index (Phi) is 5.25. The van der Waals surface area contributed by atoms with Crippen LogP contribution >= 0.6 is 11.3 Å². The zero-order valence-corrected chi connectivity index (χ0v) is 26.4. The SMILES string of the molecule is CC1(C)c2ccccc2-c2cc(N(c3ccccc3)c3ccc4sc5ccc6c(oc7ccc8ccccc8c76)c5c4c3)ccc21. The predicted molar refractivity (Wildman–Crippen MR) is 196 cm³/mol. The van der Waals surface area contributed by atoms with E-state index in [1.807, 2.05) is 11.3 Å². The van der Waals surface area contributed by atoms with Crippen molar-refractivity contribution in [2.24, 2.45) is 0 Å². The predicted octanol–water partition coefficient (Wildman–Crippen LogP) is 12.9. The first-order chi connectivity index (χ1) is 22.6. The van der Waals surface area contributed by atoms with Gasteiger partial charge in [-0.05, 0) is 93.7 Å². The Balaban J connectivity index is 1.22. The van der Waals surface area contributed by atoms with Crippen molar-refractivity contribution in [3.05, 3.63) is 151 Å². The lowest BCUT2D eigenvalue weighted by Gasteiger charge is -2.27. The molecule has 7 aromatic carbocycles. The minimum Gasteiger partial charge on any atom is -0.455 e. The van der Waals surface area contributed by atoms with Crippen molar-refractivity contribution in [2.75, 3.05) is 4.90 Å². The number of anilines is 3. The van der Waals surface area contributed by atoms with Gasteiger partial charge in [0.2, 0.25) is 0 Å². The van der Waals surface area contributed by atoms with Gasteiger partial charge < -0.3 is 9.32 Å². The van der Waals surface area contributed by atoms with Crippen LogP contribution in [0.1, 0.15) is 25.0 Å². The van der Waals surface area contributed by atoms with Crippen LogP contribution in [0, 0.1) is 0 Å². The normalized spacial score (nSPS) is 13.6. The van der Waals surface area contributed by atoms with Crippen molar-refractivity contribution >= 4 is 81.3 Å². The summed E-state index contributed by atoms with van der Waals surface area (Å²) in [4.78, 5) is 2.39. The molecule has 0 saturated heterocycles. The molecule has 10 rings (SSSR count). The monoisotopic (exact) mass is 607 g/mol. The highest BCUT2D eigenvalue weighted by molar-refractivity contribution is 7.26. The summed E-state index contributed by atoms with van der Waals surface area (Å²) in [6, 6.07) is 50.9. The van der Waals surface area contributed by atoms with Gasteiger partial charge in [-0.3, -0.25) is 0 Å². The summed E-state index contributed by atoms with van der Waals surface area (Å²) in [5.74, 6) is 0. The van der Waals surface area contributed by atoms with Crippen molar-refractivity contribution in [1.82, 2.24) is 0 Å². The Morgan fingerprint density at radius 2 is 1.26 bits per heavy atom. The zero-order valence-electron chi connectivity index (χ0n) is 25.5. The molecule has 0 radical (unpaired) electrons. The lowest BCUT2D eigenvalue weighted by atomic mass is 9.82. The van der Waals surface area contributed by atoms with Gasteiger partial charge >= 0.3 is 0 Å².